The molecular formula is C11H14N4O3S. The van der Waals surface area contributed by atoms with E-state index in [0.29, 0.717) is 18.1 Å². The molecule has 0 atom stereocenters. The molecular weight excluding hydrogens is 268 g/mol. The van der Waals surface area contributed by atoms with Crippen LogP contribution in [0.1, 0.15) is 12.6 Å². The summed E-state index contributed by atoms with van der Waals surface area (Å²) < 4.78 is 31.2. The van der Waals surface area contributed by atoms with Gasteiger partial charge < -0.3 is 9.84 Å². The van der Waals surface area contributed by atoms with Crippen molar-refractivity contribution in [2.45, 2.75) is 18.4 Å². The summed E-state index contributed by atoms with van der Waals surface area (Å²) in [6.07, 6.45) is 2.84. The average Bonchev–Trinajstić information content (AvgIpc) is 2.90. The second kappa shape index (κ2) is 5.81. The highest BCUT2D eigenvalue weighted by Crippen LogP contribution is 2.12. The largest absolute Gasteiger partial charge is 0.370 e. The van der Waals surface area contributed by atoms with Crippen LogP contribution in [0.2, 0.25) is 0 Å². The number of hydrogen-bond donors (Lipinski definition) is 2. The van der Waals surface area contributed by atoms with E-state index in [4.69, 9.17) is 0 Å². The van der Waals surface area contributed by atoms with Gasteiger partial charge in [0.05, 0.1) is 17.1 Å². The van der Waals surface area contributed by atoms with E-state index in [0.717, 1.165) is 0 Å². The second-order valence-corrected chi connectivity index (χ2v) is 5.49. The van der Waals surface area contributed by atoms with E-state index >= 15 is 0 Å². The van der Waals surface area contributed by atoms with Crippen molar-refractivity contribution in [1.82, 2.24) is 14.9 Å². The predicted molar refractivity (Wildman–Crippen MR) is 68.9 cm³/mol. The smallest absolute Gasteiger partial charge is 0.241 e. The third-order valence-electron chi connectivity index (χ3n) is 2.33. The minimum atomic E-state index is -3.59. The summed E-state index contributed by atoms with van der Waals surface area (Å²) in [7, 11) is -3.59. The molecule has 0 aliphatic rings. The Hall–Kier alpha value is -1.93. The van der Waals surface area contributed by atoms with Crippen LogP contribution < -0.4 is 10.0 Å². The monoisotopic (exact) mass is 282 g/mol. The molecule has 0 radical (unpaired) electrons. The van der Waals surface area contributed by atoms with Gasteiger partial charge in [0.15, 0.2) is 0 Å². The molecule has 0 aliphatic carbocycles. The SMILES string of the molecule is CCNc1cc(S(=O)(=O)NCc2ccon2)ccn1. The molecule has 2 rings (SSSR count). The number of nitrogens with zero attached hydrogens (tertiary/aromatic N) is 2. The van der Waals surface area contributed by atoms with Gasteiger partial charge in [-0.15, -0.1) is 0 Å². The van der Waals surface area contributed by atoms with Gasteiger partial charge in [-0.1, -0.05) is 5.16 Å². The Balaban J connectivity index is 2.12. The van der Waals surface area contributed by atoms with Gasteiger partial charge in [0.1, 0.15) is 12.1 Å². The molecule has 0 unspecified atom stereocenters. The molecule has 0 fully saturated rings. The van der Waals surface area contributed by atoms with Crippen LogP contribution in [0.25, 0.3) is 0 Å². The predicted octanol–water partition coefficient (Wildman–Crippen LogP) is 0.980. The highest BCUT2D eigenvalue weighted by atomic mass is 32.2. The van der Waals surface area contributed by atoms with Gasteiger partial charge >= 0.3 is 0 Å². The summed E-state index contributed by atoms with van der Waals surface area (Å²) in [6, 6.07) is 4.51. The Labute approximate surface area is 111 Å². The molecule has 2 aromatic rings. The molecule has 0 bridgehead atoms. The maximum absolute atomic E-state index is 12.1. The molecule has 0 spiro atoms. The standard InChI is InChI=1S/C11H14N4O3S/c1-2-12-11-7-10(3-5-13-11)19(16,17)14-8-9-4-6-18-15-9/h3-7,14H,2,8H2,1H3,(H,12,13). The summed E-state index contributed by atoms with van der Waals surface area (Å²) in [5.41, 5.74) is 0.518. The number of hydrogen-bond acceptors (Lipinski definition) is 6. The number of aromatic nitrogens is 2. The Morgan fingerprint density at radius 2 is 2.21 bits per heavy atom. The van der Waals surface area contributed by atoms with Crippen molar-refractivity contribution in [2.75, 3.05) is 11.9 Å². The number of rotatable bonds is 6. The van der Waals surface area contributed by atoms with Crippen LogP contribution in [0.15, 0.2) is 40.1 Å². The van der Waals surface area contributed by atoms with Crippen LogP contribution in [0.3, 0.4) is 0 Å². The molecule has 2 aromatic heterocycles. The van der Waals surface area contributed by atoms with Crippen molar-refractivity contribution < 1.29 is 12.9 Å². The molecule has 0 aromatic carbocycles. The van der Waals surface area contributed by atoms with Crippen LogP contribution in [0, 0.1) is 0 Å². The zero-order valence-corrected chi connectivity index (χ0v) is 11.1. The van der Waals surface area contributed by atoms with Gasteiger partial charge in [-0.25, -0.2) is 18.1 Å². The molecule has 19 heavy (non-hydrogen) atoms. The van der Waals surface area contributed by atoms with Crippen molar-refractivity contribution in [2.24, 2.45) is 0 Å². The van der Waals surface area contributed by atoms with Gasteiger partial charge in [0, 0.05) is 24.9 Å². The normalized spacial score (nSPS) is 11.4. The Bertz CT molecular complexity index is 625. The number of nitrogens with one attached hydrogen (secondary N) is 2. The first-order valence-electron chi connectivity index (χ1n) is 5.70. The van der Waals surface area contributed by atoms with Crippen molar-refractivity contribution in [3.8, 4) is 0 Å². The molecule has 2 heterocycles. The van der Waals surface area contributed by atoms with Crippen LogP contribution in [0.4, 0.5) is 5.82 Å². The lowest BCUT2D eigenvalue weighted by molar-refractivity contribution is 0.411. The number of pyridine rings is 1. The van der Waals surface area contributed by atoms with E-state index in [1.807, 2.05) is 6.92 Å². The Morgan fingerprint density at radius 3 is 2.89 bits per heavy atom. The first-order chi connectivity index (χ1) is 9.12. The van der Waals surface area contributed by atoms with Gasteiger partial charge in [0.2, 0.25) is 10.0 Å². The second-order valence-electron chi connectivity index (χ2n) is 3.72. The third kappa shape index (κ3) is 3.52. The topological polar surface area (TPSA) is 97.1 Å². The number of sulfonamides is 1. The fourth-order valence-corrected chi connectivity index (χ4v) is 2.45. The average molecular weight is 282 g/mol. The first-order valence-corrected chi connectivity index (χ1v) is 7.19. The van der Waals surface area contributed by atoms with E-state index < -0.39 is 10.0 Å². The van der Waals surface area contributed by atoms with Crippen molar-refractivity contribution in [3.05, 3.63) is 36.4 Å². The molecule has 0 saturated heterocycles. The molecule has 2 N–H and O–H groups in total. The lowest BCUT2D eigenvalue weighted by Gasteiger charge is -2.07. The van der Waals surface area contributed by atoms with Gasteiger partial charge in [-0.3, -0.25) is 0 Å². The zero-order valence-electron chi connectivity index (χ0n) is 10.3. The van der Waals surface area contributed by atoms with E-state index in [1.165, 1.54) is 24.6 Å². The van der Waals surface area contributed by atoms with Gasteiger partial charge in [0.25, 0.3) is 0 Å². The lowest BCUT2D eigenvalue weighted by Crippen LogP contribution is -2.23. The molecule has 0 amide bonds. The van der Waals surface area contributed by atoms with Crippen LogP contribution in [-0.4, -0.2) is 25.1 Å². The third-order valence-corrected chi connectivity index (χ3v) is 3.73. The van der Waals surface area contributed by atoms with E-state index in [1.54, 1.807) is 6.07 Å². The maximum Gasteiger partial charge on any atom is 0.241 e. The van der Waals surface area contributed by atoms with Gasteiger partial charge in [-0.2, -0.15) is 0 Å². The maximum atomic E-state index is 12.1. The highest BCUT2D eigenvalue weighted by molar-refractivity contribution is 7.89. The van der Waals surface area contributed by atoms with Crippen molar-refractivity contribution >= 4 is 15.8 Å². The number of anilines is 1. The van der Waals surface area contributed by atoms with Crippen molar-refractivity contribution in [3.63, 3.8) is 0 Å². The quantitative estimate of drug-likeness (QED) is 0.819. The highest BCUT2D eigenvalue weighted by Gasteiger charge is 2.15. The summed E-state index contributed by atoms with van der Waals surface area (Å²) in [5, 5.41) is 6.59. The van der Waals surface area contributed by atoms with Crippen LogP contribution in [0.5, 0.6) is 0 Å². The minimum Gasteiger partial charge on any atom is -0.370 e. The first kappa shape index (κ1) is 13.5. The summed E-state index contributed by atoms with van der Waals surface area (Å²) in [6.45, 7) is 2.66. The summed E-state index contributed by atoms with van der Waals surface area (Å²) >= 11 is 0. The molecule has 7 nitrogen and oxygen atoms in total. The summed E-state index contributed by atoms with van der Waals surface area (Å²) in [5.74, 6) is 0.520. The fourth-order valence-electron chi connectivity index (χ4n) is 1.44. The van der Waals surface area contributed by atoms with Crippen LogP contribution >= 0.6 is 0 Å². The minimum absolute atomic E-state index is 0.0810. The van der Waals surface area contributed by atoms with Crippen LogP contribution in [-0.2, 0) is 16.6 Å². The molecule has 102 valence electrons. The van der Waals surface area contributed by atoms with E-state index in [9.17, 15) is 8.42 Å². The Morgan fingerprint density at radius 1 is 1.37 bits per heavy atom. The van der Waals surface area contributed by atoms with Gasteiger partial charge in [-0.05, 0) is 13.0 Å². The molecule has 8 heteroatoms. The molecule has 0 saturated carbocycles. The molecule has 0 aliphatic heterocycles. The summed E-state index contributed by atoms with van der Waals surface area (Å²) in [4.78, 5) is 4.18. The zero-order chi connectivity index (χ0) is 13.7. The fraction of sp³-hybridized carbons (Fsp3) is 0.273. The van der Waals surface area contributed by atoms with E-state index in [2.05, 4.69) is 24.7 Å². The van der Waals surface area contributed by atoms with E-state index in [-0.39, 0.29) is 11.4 Å². The lowest BCUT2D eigenvalue weighted by atomic mass is 10.4. The van der Waals surface area contributed by atoms with Crippen molar-refractivity contribution in [1.29, 1.82) is 0 Å². The Kier molecular flexibility index (Phi) is 4.13.